The minimum atomic E-state index is 0.471. The zero-order chi connectivity index (χ0) is 12.3. The number of hydrogen-bond donors (Lipinski definition) is 1. The quantitative estimate of drug-likeness (QED) is 0.852. The highest BCUT2D eigenvalue weighted by Crippen LogP contribution is 2.29. The van der Waals surface area contributed by atoms with Gasteiger partial charge in [-0.05, 0) is 31.0 Å². The van der Waals surface area contributed by atoms with Crippen molar-refractivity contribution < 1.29 is 4.42 Å². The van der Waals surface area contributed by atoms with Crippen molar-refractivity contribution in [2.75, 3.05) is 19.6 Å². The third kappa shape index (κ3) is 3.58. The predicted octanol–water partition coefficient (Wildman–Crippen LogP) is 2.62. The Kier molecular flexibility index (Phi) is 3.89. The van der Waals surface area contributed by atoms with Crippen molar-refractivity contribution in [3.8, 4) is 0 Å². The predicted molar refractivity (Wildman–Crippen MR) is 69.8 cm³/mol. The van der Waals surface area contributed by atoms with Crippen LogP contribution in [0.25, 0.3) is 0 Å². The molecule has 1 aromatic heterocycles. The molecule has 3 heteroatoms. The van der Waals surface area contributed by atoms with Crippen LogP contribution in [0.3, 0.4) is 0 Å². The van der Waals surface area contributed by atoms with Gasteiger partial charge < -0.3 is 9.73 Å². The summed E-state index contributed by atoms with van der Waals surface area (Å²) in [6.07, 6.45) is 3.16. The SMILES string of the molecule is CCNCc1coc(CN2CCC(C)(C)C2)c1. The fourth-order valence-corrected chi connectivity index (χ4v) is 2.45. The van der Waals surface area contributed by atoms with E-state index in [1.54, 1.807) is 0 Å². The number of likely N-dealkylation sites (tertiary alicyclic amines) is 1. The highest BCUT2D eigenvalue weighted by Gasteiger charge is 2.29. The molecule has 0 bridgehead atoms. The summed E-state index contributed by atoms with van der Waals surface area (Å²) in [4.78, 5) is 2.48. The smallest absolute Gasteiger partial charge is 0.118 e. The van der Waals surface area contributed by atoms with Gasteiger partial charge in [0, 0.05) is 18.7 Å². The summed E-state index contributed by atoms with van der Waals surface area (Å²) in [5.41, 5.74) is 1.72. The molecule has 1 saturated heterocycles. The van der Waals surface area contributed by atoms with Crippen LogP contribution in [0.5, 0.6) is 0 Å². The summed E-state index contributed by atoms with van der Waals surface area (Å²) in [5.74, 6) is 1.09. The molecule has 0 amide bonds. The normalized spacial score (nSPS) is 19.9. The van der Waals surface area contributed by atoms with Gasteiger partial charge in [0.2, 0.25) is 0 Å². The number of nitrogens with zero attached hydrogens (tertiary/aromatic N) is 1. The number of hydrogen-bond acceptors (Lipinski definition) is 3. The van der Waals surface area contributed by atoms with Crippen molar-refractivity contribution in [2.45, 2.75) is 40.3 Å². The van der Waals surface area contributed by atoms with Gasteiger partial charge in [0.1, 0.15) is 5.76 Å². The molecule has 96 valence electrons. The lowest BCUT2D eigenvalue weighted by molar-refractivity contribution is 0.263. The van der Waals surface area contributed by atoms with Crippen LogP contribution in [0, 0.1) is 5.41 Å². The van der Waals surface area contributed by atoms with Crippen molar-refractivity contribution in [3.63, 3.8) is 0 Å². The van der Waals surface area contributed by atoms with E-state index >= 15 is 0 Å². The van der Waals surface area contributed by atoms with Gasteiger partial charge in [-0.15, -0.1) is 0 Å². The first-order chi connectivity index (χ1) is 8.09. The van der Waals surface area contributed by atoms with Gasteiger partial charge >= 0.3 is 0 Å². The Labute approximate surface area is 104 Å². The largest absolute Gasteiger partial charge is 0.468 e. The number of rotatable bonds is 5. The van der Waals surface area contributed by atoms with E-state index < -0.39 is 0 Å². The second kappa shape index (κ2) is 5.23. The lowest BCUT2D eigenvalue weighted by Crippen LogP contribution is -2.22. The molecule has 0 saturated carbocycles. The molecule has 17 heavy (non-hydrogen) atoms. The summed E-state index contributed by atoms with van der Waals surface area (Å²) < 4.78 is 5.61. The first kappa shape index (κ1) is 12.7. The molecular weight excluding hydrogens is 212 g/mol. The van der Waals surface area contributed by atoms with E-state index in [1.807, 2.05) is 6.26 Å². The van der Waals surface area contributed by atoms with Crippen LogP contribution in [-0.4, -0.2) is 24.5 Å². The zero-order valence-corrected chi connectivity index (χ0v) is 11.3. The summed E-state index contributed by atoms with van der Waals surface area (Å²) >= 11 is 0. The second-order valence-corrected chi connectivity index (χ2v) is 5.83. The Morgan fingerprint density at radius 1 is 1.47 bits per heavy atom. The lowest BCUT2D eigenvalue weighted by Gasteiger charge is -2.18. The van der Waals surface area contributed by atoms with Gasteiger partial charge in [-0.25, -0.2) is 0 Å². The molecule has 1 N–H and O–H groups in total. The maximum atomic E-state index is 5.61. The fraction of sp³-hybridized carbons (Fsp3) is 0.714. The van der Waals surface area contributed by atoms with Gasteiger partial charge in [-0.2, -0.15) is 0 Å². The van der Waals surface area contributed by atoms with E-state index in [2.05, 4.69) is 37.1 Å². The van der Waals surface area contributed by atoms with Gasteiger partial charge in [0.15, 0.2) is 0 Å². The van der Waals surface area contributed by atoms with Crippen molar-refractivity contribution in [3.05, 3.63) is 23.7 Å². The molecule has 0 spiro atoms. The summed E-state index contributed by atoms with van der Waals surface area (Å²) in [5, 5.41) is 3.31. The monoisotopic (exact) mass is 236 g/mol. The number of nitrogens with one attached hydrogen (secondary N) is 1. The lowest BCUT2D eigenvalue weighted by atomic mass is 9.93. The van der Waals surface area contributed by atoms with Gasteiger partial charge in [-0.3, -0.25) is 4.90 Å². The molecule has 3 nitrogen and oxygen atoms in total. The third-order valence-electron chi connectivity index (χ3n) is 3.42. The maximum Gasteiger partial charge on any atom is 0.118 e. The molecule has 0 aliphatic carbocycles. The van der Waals surface area contributed by atoms with Crippen LogP contribution >= 0.6 is 0 Å². The molecule has 2 heterocycles. The third-order valence-corrected chi connectivity index (χ3v) is 3.42. The number of furan rings is 1. The summed E-state index contributed by atoms with van der Waals surface area (Å²) in [7, 11) is 0. The van der Waals surface area contributed by atoms with E-state index in [0.29, 0.717) is 5.41 Å². The molecule has 2 rings (SSSR count). The van der Waals surface area contributed by atoms with E-state index in [1.165, 1.54) is 25.1 Å². The Hall–Kier alpha value is -0.800. The van der Waals surface area contributed by atoms with Crippen LogP contribution in [0.1, 0.15) is 38.5 Å². The molecule has 1 aromatic rings. The second-order valence-electron chi connectivity index (χ2n) is 5.83. The molecular formula is C14H24N2O. The Balaban J connectivity index is 1.85. The van der Waals surface area contributed by atoms with Crippen LogP contribution in [0.15, 0.2) is 16.7 Å². The molecule has 0 atom stereocenters. The maximum absolute atomic E-state index is 5.61. The first-order valence-corrected chi connectivity index (χ1v) is 6.58. The Morgan fingerprint density at radius 3 is 2.94 bits per heavy atom. The molecule has 1 fully saturated rings. The zero-order valence-electron chi connectivity index (χ0n) is 11.3. The molecule has 1 aliphatic rings. The van der Waals surface area contributed by atoms with Gasteiger partial charge in [0.25, 0.3) is 0 Å². The van der Waals surface area contributed by atoms with Crippen LogP contribution < -0.4 is 5.32 Å². The van der Waals surface area contributed by atoms with E-state index in [0.717, 1.165) is 25.4 Å². The summed E-state index contributed by atoms with van der Waals surface area (Å²) in [6.45, 7) is 12.0. The fourth-order valence-electron chi connectivity index (χ4n) is 2.45. The minimum Gasteiger partial charge on any atom is -0.468 e. The van der Waals surface area contributed by atoms with Crippen molar-refractivity contribution in [1.82, 2.24) is 10.2 Å². The van der Waals surface area contributed by atoms with Crippen molar-refractivity contribution in [1.29, 1.82) is 0 Å². The van der Waals surface area contributed by atoms with Crippen LogP contribution in [0.2, 0.25) is 0 Å². The first-order valence-electron chi connectivity index (χ1n) is 6.58. The topological polar surface area (TPSA) is 28.4 Å². The molecule has 0 radical (unpaired) electrons. The van der Waals surface area contributed by atoms with Gasteiger partial charge in [-0.1, -0.05) is 20.8 Å². The Morgan fingerprint density at radius 2 is 2.29 bits per heavy atom. The summed E-state index contributed by atoms with van der Waals surface area (Å²) in [6, 6.07) is 2.17. The van der Waals surface area contributed by atoms with E-state index in [-0.39, 0.29) is 0 Å². The average Bonchev–Trinajstić information content (AvgIpc) is 2.83. The van der Waals surface area contributed by atoms with Crippen molar-refractivity contribution >= 4 is 0 Å². The van der Waals surface area contributed by atoms with Crippen LogP contribution in [0.4, 0.5) is 0 Å². The molecule has 1 aliphatic heterocycles. The van der Waals surface area contributed by atoms with Gasteiger partial charge in [0.05, 0.1) is 12.8 Å². The van der Waals surface area contributed by atoms with E-state index in [4.69, 9.17) is 4.42 Å². The highest BCUT2D eigenvalue weighted by atomic mass is 16.3. The minimum absolute atomic E-state index is 0.471. The molecule has 0 aromatic carbocycles. The molecule has 0 unspecified atom stereocenters. The Bertz CT molecular complexity index is 357. The highest BCUT2D eigenvalue weighted by molar-refractivity contribution is 5.12. The standard InChI is InChI=1S/C14H24N2O/c1-4-15-8-12-7-13(17-10-12)9-16-6-5-14(2,3)11-16/h7,10,15H,4-6,8-9,11H2,1-3H3. The van der Waals surface area contributed by atoms with Crippen LogP contribution in [-0.2, 0) is 13.1 Å². The average molecular weight is 236 g/mol. The van der Waals surface area contributed by atoms with Crippen molar-refractivity contribution in [2.24, 2.45) is 5.41 Å². The van der Waals surface area contributed by atoms with E-state index in [9.17, 15) is 0 Å².